The summed E-state index contributed by atoms with van der Waals surface area (Å²) >= 11 is 0. The van der Waals surface area contributed by atoms with E-state index >= 15 is 0 Å². The van der Waals surface area contributed by atoms with Crippen LogP contribution in [-0.2, 0) is 10.9 Å². The largest absolute Gasteiger partial charge is 0.480 e. The summed E-state index contributed by atoms with van der Waals surface area (Å²) in [6.45, 7) is 6.97. The number of nitrogens with zero attached hydrogens (tertiary/aromatic N) is 3. The molecule has 3 rings (SSSR count). The molecule has 0 bridgehead atoms. The lowest BCUT2D eigenvalue weighted by Gasteiger charge is -2.37. The molecule has 0 N–H and O–H groups in total. The number of rotatable bonds is 3. The van der Waals surface area contributed by atoms with E-state index in [9.17, 15) is 18.0 Å². The Morgan fingerprint density at radius 3 is 2.16 bits per heavy atom. The predicted molar refractivity (Wildman–Crippen MR) is 111 cm³/mol. The summed E-state index contributed by atoms with van der Waals surface area (Å²) in [4.78, 5) is 19.6. The molecule has 9 heteroatoms. The fraction of sp³-hybridized carbons (Fsp3) is 0.455. The third-order valence-corrected chi connectivity index (χ3v) is 4.79. The first kappa shape index (κ1) is 22.7. The molecule has 1 aromatic carbocycles. The molecule has 1 aliphatic heterocycles. The summed E-state index contributed by atoms with van der Waals surface area (Å²) in [5.74, 6) is -0.0993. The van der Waals surface area contributed by atoms with E-state index in [1.165, 1.54) is 13.2 Å². The maximum Gasteiger partial charge on any atom is 0.434 e. The van der Waals surface area contributed by atoms with Crippen molar-refractivity contribution in [2.75, 3.05) is 38.2 Å². The molecule has 0 atom stereocenters. The van der Waals surface area contributed by atoms with E-state index < -0.39 is 23.6 Å². The molecule has 1 aromatic heterocycles. The van der Waals surface area contributed by atoms with Crippen molar-refractivity contribution >= 4 is 11.8 Å². The lowest BCUT2D eigenvalue weighted by molar-refractivity contribution is -0.140. The number of ether oxygens (including phenoxy) is 2. The average molecular weight is 437 g/mol. The van der Waals surface area contributed by atoms with Gasteiger partial charge in [-0.2, -0.15) is 13.2 Å². The van der Waals surface area contributed by atoms with Crippen LogP contribution in [0.2, 0.25) is 0 Å². The summed E-state index contributed by atoms with van der Waals surface area (Å²) in [5, 5.41) is 0. The number of carbonyl (C=O) groups is 1. The van der Waals surface area contributed by atoms with E-state index in [2.05, 4.69) is 4.98 Å². The van der Waals surface area contributed by atoms with Crippen molar-refractivity contribution < 1.29 is 27.4 Å². The minimum absolute atomic E-state index is 0.0153. The third-order valence-electron chi connectivity index (χ3n) is 4.79. The zero-order valence-corrected chi connectivity index (χ0v) is 18.0. The Labute approximate surface area is 179 Å². The lowest BCUT2D eigenvalue weighted by Crippen LogP contribution is -2.50. The highest BCUT2D eigenvalue weighted by molar-refractivity contribution is 5.74. The molecule has 0 spiro atoms. The third kappa shape index (κ3) is 5.39. The minimum Gasteiger partial charge on any atom is -0.480 e. The van der Waals surface area contributed by atoms with Crippen molar-refractivity contribution in [3.8, 4) is 17.0 Å². The van der Waals surface area contributed by atoms with Crippen LogP contribution in [0, 0.1) is 0 Å². The van der Waals surface area contributed by atoms with Crippen molar-refractivity contribution in [1.29, 1.82) is 0 Å². The number of hydrogen-bond acceptors (Lipinski definition) is 5. The Morgan fingerprint density at radius 2 is 1.65 bits per heavy atom. The van der Waals surface area contributed by atoms with Gasteiger partial charge in [0.2, 0.25) is 5.88 Å². The van der Waals surface area contributed by atoms with Crippen molar-refractivity contribution in [1.82, 2.24) is 9.88 Å². The minimum atomic E-state index is -4.63. The molecular formula is C22H26F3N3O3. The summed E-state index contributed by atoms with van der Waals surface area (Å²) in [6, 6.07) is 9.79. The van der Waals surface area contributed by atoms with E-state index in [1.54, 1.807) is 56.0 Å². The Hall–Kier alpha value is -2.97. The van der Waals surface area contributed by atoms with Crippen molar-refractivity contribution in [3.63, 3.8) is 0 Å². The predicted octanol–water partition coefficient (Wildman–Crippen LogP) is 4.83. The van der Waals surface area contributed by atoms with Crippen LogP contribution in [-0.4, -0.2) is 54.9 Å². The van der Waals surface area contributed by atoms with Gasteiger partial charge in [-0.25, -0.2) is 9.78 Å². The second-order valence-corrected chi connectivity index (χ2v) is 8.23. The molecule has 0 aliphatic carbocycles. The fourth-order valence-corrected chi connectivity index (χ4v) is 3.37. The van der Waals surface area contributed by atoms with E-state index in [-0.39, 0.29) is 11.4 Å². The van der Waals surface area contributed by atoms with E-state index in [4.69, 9.17) is 9.47 Å². The average Bonchev–Trinajstić information content (AvgIpc) is 2.71. The summed E-state index contributed by atoms with van der Waals surface area (Å²) < 4.78 is 51.7. The maximum absolute atomic E-state index is 13.7. The Bertz CT molecular complexity index is 919. The van der Waals surface area contributed by atoms with Gasteiger partial charge >= 0.3 is 12.3 Å². The Kier molecular flexibility index (Phi) is 6.33. The highest BCUT2D eigenvalue weighted by Gasteiger charge is 2.38. The molecule has 0 unspecified atom stereocenters. The molecule has 1 saturated heterocycles. The van der Waals surface area contributed by atoms with Crippen LogP contribution < -0.4 is 9.64 Å². The van der Waals surface area contributed by atoms with E-state index in [1.807, 2.05) is 4.90 Å². The van der Waals surface area contributed by atoms with Crippen molar-refractivity contribution in [2.45, 2.75) is 32.5 Å². The van der Waals surface area contributed by atoms with Gasteiger partial charge in [0, 0.05) is 31.7 Å². The van der Waals surface area contributed by atoms with Crippen molar-refractivity contribution in [3.05, 3.63) is 42.1 Å². The van der Waals surface area contributed by atoms with E-state index in [0.717, 1.165) is 0 Å². The van der Waals surface area contributed by atoms with Gasteiger partial charge < -0.3 is 19.3 Å². The quantitative estimate of drug-likeness (QED) is 0.688. The second-order valence-electron chi connectivity index (χ2n) is 8.23. The SMILES string of the molecule is COc1nc(C(F)(F)F)c(-c2ccccc2)cc1N1CCN(C(=O)OC(C)(C)C)CC1. The number of hydrogen-bond donors (Lipinski definition) is 0. The number of benzene rings is 1. The van der Waals surface area contributed by atoms with Crippen LogP contribution in [0.1, 0.15) is 26.5 Å². The monoisotopic (exact) mass is 437 g/mol. The summed E-state index contributed by atoms with van der Waals surface area (Å²) in [5.41, 5.74) is -0.735. The number of aromatic nitrogens is 1. The van der Waals surface area contributed by atoms with Gasteiger partial charge in [0.05, 0.1) is 7.11 Å². The first-order chi connectivity index (χ1) is 14.5. The fourth-order valence-electron chi connectivity index (χ4n) is 3.37. The molecule has 2 aromatic rings. The number of piperazine rings is 1. The Balaban J connectivity index is 1.91. The summed E-state index contributed by atoms with van der Waals surface area (Å²) in [7, 11) is 1.30. The van der Waals surface area contributed by atoms with Crippen LogP contribution in [0.15, 0.2) is 36.4 Å². The van der Waals surface area contributed by atoms with Gasteiger partial charge in [-0.05, 0) is 32.4 Å². The Morgan fingerprint density at radius 1 is 1.03 bits per heavy atom. The molecule has 1 fully saturated rings. The number of alkyl halides is 3. The van der Waals surface area contributed by atoms with Crippen molar-refractivity contribution in [2.24, 2.45) is 0 Å². The van der Waals surface area contributed by atoms with Crippen LogP contribution in [0.5, 0.6) is 5.88 Å². The van der Waals surface area contributed by atoms with Crippen LogP contribution in [0.3, 0.4) is 0 Å². The first-order valence-electron chi connectivity index (χ1n) is 9.94. The molecule has 168 valence electrons. The first-order valence-corrected chi connectivity index (χ1v) is 9.94. The number of methoxy groups -OCH3 is 1. The molecule has 2 heterocycles. The highest BCUT2D eigenvalue weighted by atomic mass is 19.4. The standard InChI is InChI=1S/C22H26F3N3O3/c1-21(2,3)31-20(29)28-12-10-27(11-13-28)17-14-16(15-8-6-5-7-9-15)18(22(23,24)25)26-19(17)30-4/h5-9,14H,10-13H2,1-4H3. The molecular weight excluding hydrogens is 411 g/mol. The molecule has 0 radical (unpaired) electrons. The molecule has 1 amide bonds. The van der Waals surface area contributed by atoms with Gasteiger partial charge in [-0.15, -0.1) is 0 Å². The van der Waals surface area contributed by atoms with E-state index in [0.29, 0.717) is 37.4 Å². The van der Waals surface area contributed by atoms with Crippen LogP contribution >= 0.6 is 0 Å². The normalized spacial score (nSPS) is 15.1. The second kappa shape index (κ2) is 8.64. The zero-order chi connectivity index (χ0) is 22.8. The molecule has 31 heavy (non-hydrogen) atoms. The van der Waals surface area contributed by atoms with Gasteiger partial charge in [0.15, 0.2) is 5.69 Å². The number of anilines is 1. The van der Waals surface area contributed by atoms with Gasteiger partial charge in [0.25, 0.3) is 0 Å². The van der Waals surface area contributed by atoms with Crippen LogP contribution in [0.25, 0.3) is 11.1 Å². The molecule has 0 saturated carbocycles. The smallest absolute Gasteiger partial charge is 0.434 e. The van der Waals surface area contributed by atoms with Gasteiger partial charge in [0.1, 0.15) is 11.3 Å². The summed E-state index contributed by atoms with van der Waals surface area (Å²) in [6.07, 6.45) is -5.04. The zero-order valence-electron chi connectivity index (χ0n) is 18.0. The topological polar surface area (TPSA) is 54.9 Å². The lowest BCUT2D eigenvalue weighted by atomic mass is 10.0. The van der Waals surface area contributed by atoms with Gasteiger partial charge in [-0.3, -0.25) is 0 Å². The van der Waals surface area contributed by atoms with Crippen LogP contribution in [0.4, 0.5) is 23.7 Å². The number of carbonyl (C=O) groups excluding carboxylic acids is 1. The highest BCUT2D eigenvalue weighted by Crippen LogP contribution is 2.41. The molecule has 1 aliphatic rings. The number of amides is 1. The van der Waals surface area contributed by atoms with Gasteiger partial charge in [-0.1, -0.05) is 30.3 Å². The number of halogens is 3. The molecule has 6 nitrogen and oxygen atoms in total. The number of pyridine rings is 1. The maximum atomic E-state index is 13.7.